The maximum absolute atomic E-state index is 14.3. The minimum atomic E-state index is -0.468. The van der Waals surface area contributed by atoms with Crippen LogP contribution in [-0.4, -0.2) is 38.7 Å². The van der Waals surface area contributed by atoms with Gasteiger partial charge in [-0.05, 0) is 49.4 Å². The number of benzene rings is 2. The molecular weight excluding hydrogens is 407 g/mol. The van der Waals surface area contributed by atoms with Gasteiger partial charge in [0.1, 0.15) is 11.5 Å². The first kappa shape index (κ1) is 20.2. The average molecular weight is 430 g/mol. The van der Waals surface area contributed by atoms with Crippen LogP contribution in [-0.2, 0) is 0 Å². The molecule has 0 aliphatic carbocycles. The number of rotatable bonds is 3. The Kier molecular flexibility index (Phi) is 5.09. The number of aryl methyl sites for hydroxylation is 1. The first-order valence-corrected chi connectivity index (χ1v) is 10.7. The van der Waals surface area contributed by atoms with Crippen molar-refractivity contribution >= 4 is 16.8 Å². The Bertz CT molecular complexity index is 1330. The van der Waals surface area contributed by atoms with Crippen molar-refractivity contribution in [3.05, 3.63) is 93.8 Å². The first-order chi connectivity index (χ1) is 15.5. The van der Waals surface area contributed by atoms with Gasteiger partial charge in [-0.1, -0.05) is 30.3 Å². The summed E-state index contributed by atoms with van der Waals surface area (Å²) in [5.74, 6) is -0.549. The smallest absolute Gasteiger partial charge is 0.278 e. The summed E-state index contributed by atoms with van der Waals surface area (Å²) in [5.41, 5.74) is 2.33. The van der Waals surface area contributed by atoms with Gasteiger partial charge in [0.05, 0.1) is 0 Å². The predicted molar refractivity (Wildman–Crippen MR) is 121 cm³/mol. The van der Waals surface area contributed by atoms with E-state index in [0.717, 1.165) is 18.4 Å². The number of likely N-dealkylation sites (tertiary alicyclic amines) is 1. The maximum atomic E-state index is 14.3. The van der Waals surface area contributed by atoms with Crippen molar-refractivity contribution in [2.75, 3.05) is 13.1 Å². The fraction of sp³-hybridized carbons (Fsp3) is 0.240. The summed E-state index contributed by atoms with van der Waals surface area (Å²) in [4.78, 5) is 30.8. The van der Waals surface area contributed by atoms with Gasteiger partial charge in [-0.2, -0.15) is 5.10 Å². The number of nitrogens with one attached hydrogen (secondary N) is 1. The summed E-state index contributed by atoms with van der Waals surface area (Å²) in [7, 11) is 0. The Morgan fingerprint density at radius 1 is 1.06 bits per heavy atom. The minimum absolute atomic E-state index is 0.178. The normalized spacial score (nSPS) is 14.8. The molecule has 5 rings (SSSR count). The van der Waals surface area contributed by atoms with Crippen LogP contribution in [0.25, 0.3) is 16.6 Å². The van der Waals surface area contributed by atoms with Gasteiger partial charge in [0, 0.05) is 42.0 Å². The molecule has 1 fully saturated rings. The van der Waals surface area contributed by atoms with E-state index in [1.54, 1.807) is 30.0 Å². The van der Waals surface area contributed by atoms with E-state index < -0.39 is 17.2 Å². The average Bonchev–Trinajstić information content (AvgIpc) is 3.24. The van der Waals surface area contributed by atoms with Crippen molar-refractivity contribution in [1.82, 2.24) is 19.7 Å². The van der Waals surface area contributed by atoms with E-state index in [1.165, 1.54) is 27.9 Å². The lowest BCUT2D eigenvalue weighted by Crippen LogP contribution is -2.41. The molecule has 1 amide bonds. The van der Waals surface area contributed by atoms with E-state index in [0.29, 0.717) is 24.7 Å². The molecule has 0 atom stereocenters. The van der Waals surface area contributed by atoms with Gasteiger partial charge in [-0.3, -0.25) is 9.59 Å². The van der Waals surface area contributed by atoms with Crippen LogP contribution in [0.3, 0.4) is 0 Å². The zero-order valence-corrected chi connectivity index (χ0v) is 17.7. The second-order valence-corrected chi connectivity index (χ2v) is 8.24. The summed E-state index contributed by atoms with van der Waals surface area (Å²) >= 11 is 0. The highest BCUT2D eigenvalue weighted by Crippen LogP contribution is 2.30. The van der Waals surface area contributed by atoms with E-state index >= 15 is 0 Å². The molecule has 0 spiro atoms. The van der Waals surface area contributed by atoms with Crippen LogP contribution in [0.4, 0.5) is 4.39 Å². The second-order valence-electron chi connectivity index (χ2n) is 8.24. The largest absolute Gasteiger partial charge is 0.358 e. The SMILES string of the molecule is Cc1cc(=O)c(C(=O)N2CCC(c3cc4ccccc4[nH]3)CC2)nn1-c1ccccc1F. The number of H-pyrrole nitrogens is 1. The Hall–Kier alpha value is -3.74. The summed E-state index contributed by atoms with van der Waals surface area (Å²) in [6.45, 7) is 2.74. The standard InChI is InChI=1S/C25H23FN4O2/c1-16-14-23(31)24(28-30(16)22-9-5-3-7-19(22)26)25(32)29-12-10-17(11-13-29)21-15-18-6-2-4-8-20(18)27-21/h2-9,14-15,17,27H,10-13H2,1H3. The van der Waals surface area contributed by atoms with Crippen LogP contribution >= 0.6 is 0 Å². The van der Waals surface area contributed by atoms with Gasteiger partial charge in [-0.15, -0.1) is 0 Å². The number of piperidine rings is 1. The third-order valence-corrected chi connectivity index (χ3v) is 6.16. The van der Waals surface area contributed by atoms with E-state index in [2.05, 4.69) is 28.3 Å². The molecule has 0 bridgehead atoms. The summed E-state index contributed by atoms with van der Waals surface area (Å²) in [6.07, 6.45) is 1.60. The van der Waals surface area contributed by atoms with E-state index in [9.17, 15) is 14.0 Å². The van der Waals surface area contributed by atoms with Crippen molar-refractivity contribution in [2.24, 2.45) is 0 Å². The molecule has 32 heavy (non-hydrogen) atoms. The van der Waals surface area contributed by atoms with Gasteiger partial charge >= 0.3 is 0 Å². The first-order valence-electron chi connectivity index (χ1n) is 10.7. The third kappa shape index (κ3) is 3.60. The molecule has 4 aromatic rings. The molecule has 0 saturated carbocycles. The highest BCUT2D eigenvalue weighted by molar-refractivity contribution is 5.92. The highest BCUT2D eigenvalue weighted by Gasteiger charge is 2.28. The van der Waals surface area contributed by atoms with Gasteiger partial charge < -0.3 is 9.88 Å². The monoisotopic (exact) mass is 430 g/mol. The zero-order chi connectivity index (χ0) is 22.2. The zero-order valence-electron chi connectivity index (χ0n) is 17.7. The summed E-state index contributed by atoms with van der Waals surface area (Å²) in [5, 5.41) is 5.43. The van der Waals surface area contributed by atoms with E-state index in [-0.39, 0.29) is 11.4 Å². The van der Waals surface area contributed by atoms with Crippen LogP contribution in [0.1, 0.15) is 40.6 Å². The number of hydrogen-bond acceptors (Lipinski definition) is 3. The van der Waals surface area contributed by atoms with Crippen molar-refractivity contribution in [1.29, 1.82) is 0 Å². The number of aromatic amines is 1. The van der Waals surface area contributed by atoms with Crippen molar-refractivity contribution in [3.63, 3.8) is 0 Å². The highest BCUT2D eigenvalue weighted by atomic mass is 19.1. The molecule has 1 saturated heterocycles. The Balaban J connectivity index is 1.36. The quantitative estimate of drug-likeness (QED) is 0.530. The predicted octanol–water partition coefficient (Wildman–Crippen LogP) is 4.18. The number of nitrogens with zero attached hydrogens (tertiary/aromatic N) is 3. The Labute approximate surface area is 184 Å². The molecule has 1 aliphatic rings. The number of carbonyl (C=O) groups excluding carboxylic acids is 1. The second kappa shape index (κ2) is 8.07. The van der Waals surface area contributed by atoms with Crippen molar-refractivity contribution < 1.29 is 9.18 Å². The van der Waals surface area contributed by atoms with E-state index in [4.69, 9.17) is 0 Å². The molecule has 162 valence electrons. The van der Waals surface area contributed by atoms with E-state index in [1.807, 2.05) is 12.1 Å². The molecule has 0 unspecified atom stereocenters. The van der Waals surface area contributed by atoms with Crippen LogP contribution in [0.5, 0.6) is 0 Å². The number of aromatic nitrogens is 3. The number of para-hydroxylation sites is 2. The van der Waals surface area contributed by atoms with Crippen LogP contribution in [0.15, 0.2) is 65.5 Å². The molecule has 3 heterocycles. The van der Waals surface area contributed by atoms with Gasteiger partial charge in [0.25, 0.3) is 5.91 Å². The van der Waals surface area contributed by atoms with Gasteiger partial charge in [0.2, 0.25) is 5.43 Å². The fourth-order valence-corrected chi connectivity index (χ4v) is 4.42. The maximum Gasteiger partial charge on any atom is 0.278 e. The number of amides is 1. The summed E-state index contributed by atoms with van der Waals surface area (Å²) in [6, 6.07) is 17.8. The van der Waals surface area contributed by atoms with Crippen LogP contribution in [0, 0.1) is 12.7 Å². The molecule has 1 N–H and O–H groups in total. The molecule has 2 aromatic heterocycles. The van der Waals surface area contributed by atoms with Crippen molar-refractivity contribution in [3.8, 4) is 5.69 Å². The van der Waals surface area contributed by atoms with Gasteiger partial charge in [-0.25, -0.2) is 9.07 Å². The van der Waals surface area contributed by atoms with Crippen LogP contribution < -0.4 is 5.43 Å². The molecular formula is C25H23FN4O2. The summed E-state index contributed by atoms with van der Waals surface area (Å²) < 4.78 is 15.6. The number of halogens is 1. The lowest BCUT2D eigenvalue weighted by Gasteiger charge is -2.31. The lowest BCUT2D eigenvalue weighted by atomic mass is 9.93. The number of carbonyl (C=O) groups is 1. The Morgan fingerprint density at radius 3 is 2.53 bits per heavy atom. The molecule has 6 nitrogen and oxygen atoms in total. The third-order valence-electron chi connectivity index (χ3n) is 6.16. The topological polar surface area (TPSA) is 71.0 Å². The molecule has 7 heteroatoms. The molecule has 0 radical (unpaired) electrons. The van der Waals surface area contributed by atoms with Crippen molar-refractivity contribution in [2.45, 2.75) is 25.7 Å². The molecule has 1 aliphatic heterocycles. The number of fused-ring (bicyclic) bond motifs is 1. The number of hydrogen-bond donors (Lipinski definition) is 1. The molecule has 2 aromatic carbocycles. The van der Waals surface area contributed by atoms with Gasteiger partial charge in [0.15, 0.2) is 5.69 Å². The minimum Gasteiger partial charge on any atom is -0.358 e. The Morgan fingerprint density at radius 2 is 1.78 bits per heavy atom. The lowest BCUT2D eigenvalue weighted by molar-refractivity contribution is 0.0702. The van der Waals surface area contributed by atoms with Crippen LogP contribution in [0.2, 0.25) is 0 Å². The fourth-order valence-electron chi connectivity index (χ4n) is 4.42.